The number of aliphatic carboxylic acids is 1. The Labute approximate surface area is 125 Å². The molecule has 112 valence electrons. The molecule has 0 bridgehead atoms. The second-order valence-corrected chi connectivity index (χ2v) is 7.09. The Morgan fingerprint density at radius 2 is 1.90 bits per heavy atom. The Balaban J connectivity index is 2.03. The summed E-state index contributed by atoms with van der Waals surface area (Å²) in [5, 5.41) is 23.2. The van der Waals surface area contributed by atoms with Crippen LogP contribution in [0.4, 0.5) is 0 Å². The molecule has 1 rings (SSSR count). The van der Waals surface area contributed by atoms with E-state index in [0.29, 0.717) is 34.3 Å². The molecular formula is C14H22N2O3Se. The van der Waals surface area contributed by atoms with E-state index in [1.165, 1.54) is 0 Å². The number of benzene rings is 1. The standard InChI is InChI=1S/C14H22N2O3Se/c15-12(14(18)19)6-8-20-9-7-13(17)16-10-11-4-2-1-3-5-11/h1-5,12-13,16-17H,6-10,15H2,(H,18,19)/t12-,13-/m0/s1. The first-order valence-electron chi connectivity index (χ1n) is 6.61. The van der Waals surface area contributed by atoms with Crippen LogP contribution in [0.2, 0.25) is 10.6 Å². The van der Waals surface area contributed by atoms with Crippen molar-refractivity contribution < 1.29 is 15.0 Å². The van der Waals surface area contributed by atoms with Gasteiger partial charge in [-0.1, -0.05) is 0 Å². The van der Waals surface area contributed by atoms with Crippen molar-refractivity contribution in [3.63, 3.8) is 0 Å². The van der Waals surface area contributed by atoms with Gasteiger partial charge in [0.15, 0.2) is 0 Å². The molecule has 0 spiro atoms. The molecule has 20 heavy (non-hydrogen) atoms. The molecule has 5 nitrogen and oxygen atoms in total. The van der Waals surface area contributed by atoms with E-state index in [2.05, 4.69) is 5.32 Å². The third-order valence-electron chi connectivity index (χ3n) is 2.81. The van der Waals surface area contributed by atoms with Crippen LogP contribution >= 0.6 is 0 Å². The van der Waals surface area contributed by atoms with Gasteiger partial charge >= 0.3 is 125 Å². The number of aliphatic hydroxyl groups is 1. The number of carboxylic acid groups (broad SMARTS) is 1. The summed E-state index contributed by atoms with van der Waals surface area (Å²) in [5.41, 5.74) is 6.56. The Morgan fingerprint density at radius 3 is 2.55 bits per heavy atom. The molecule has 1 aromatic carbocycles. The normalized spacial score (nSPS) is 13.9. The number of aliphatic hydroxyl groups excluding tert-OH is 1. The number of carboxylic acids is 1. The Morgan fingerprint density at radius 1 is 1.25 bits per heavy atom. The third kappa shape index (κ3) is 7.62. The minimum absolute atomic E-state index is 0.336. The predicted molar refractivity (Wildman–Crippen MR) is 79.5 cm³/mol. The maximum atomic E-state index is 10.5. The van der Waals surface area contributed by atoms with Gasteiger partial charge in [0.2, 0.25) is 0 Å². The predicted octanol–water partition coefficient (Wildman–Crippen LogP) is 0.827. The Bertz CT molecular complexity index is 389. The fourth-order valence-corrected chi connectivity index (χ4v) is 3.69. The van der Waals surface area contributed by atoms with Crippen LogP contribution in [0.25, 0.3) is 0 Å². The molecule has 5 N–H and O–H groups in total. The van der Waals surface area contributed by atoms with Crippen LogP contribution in [0.15, 0.2) is 30.3 Å². The monoisotopic (exact) mass is 346 g/mol. The summed E-state index contributed by atoms with van der Waals surface area (Å²) < 4.78 is 0. The molecule has 0 aliphatic rings. The van der Waals surface area contributed by atoms with Crippen LogP contribution in [0.1, 0.15) is 18.4 Å². The molecule has 6 heteroatoms. The zero-order valence-corrected chi connectivity index (χ0v) is 13.1. The van der Waals surface area contributed by atoms with Gasteiger partial charge in [-0.15, -0.1) is 0 Å². The van der Waals surface area contributed by atoms with Gasteiger partial charge in [-0.2, -0.15) is 0 Å². The van der Waals surface area contributed by atoms with Crippen LogP contribution in [-0.2, 0) is 11.3 Å². The van der Waals surface area contributed by atoms with Crippen LogP contribution in [0.5, 0.6) is 0 Å². The number of hydrogen-bond donors (Lipinski definition) is 4. The van der Waals surface area contributed by atoms with Crippen LogP contribution in [0, 0.1) is 0 Å². The zero-order valence-electron chi connectivity index (χ0n) is 11.4. The molecule has 0 radical (unpaired) electrons. The van der Waals surface area contributed by atoms with Crippen LogP contribution in [-0.4, -0.2) is 43.4 Å². The average molecular weight is 345 g/mol. The SMILES string of the molecule is N[C@@H](CC[Se]CC[C@H](O)NCc1ccccc1)C(=O)O. The minimum atomic E-state index is -0.939. The first kappa shape index (κ1) is 17.1. The summed E-state index contributed by atoms with van der Waals surface area (Å²) in [4.78, 5) is 10.5. The second kappa shape index (κ2) is 9.91. The van der Waals surface area contributed by atoms with E-state index in [0.717, 1.165) is 16.2 Å². The van der Waals surface area contributed by atoms with Gasteiger partial charge in [-0.05, 0) is 0 Å². The molecular weight excluding hydrogens is 323 g/mol. The molecule has 0 aliphatic carbocycles. The summed E-state index contributed by atoms with van der Waals surface area (Å²) in [6.07, 6.45) is 0.697. The third-order valence-corrected chi connectivity index (χ3v) is 5.01. The maximum absolute atomic E-state index is 10.5. The Hall–Kier alpha value is -0.911. The van der Waals surface area contributed by atoms with Crippen molar-refractivity contribution in [1.82, 2.24) is 5.32 Å². The molecule has 0 aliphatic heterocycles. The van der Waals surface area contributed by atoms with Gasteiger partial charge in [-0.3, -0.25) is 0 Å². The first-order chi connectivity index (χ1) is 9.59. The summed E-state index contributed by atoms with van der Waals surface area (Å²) in [7, 11) is 0. The summed E-state index contributed by atoms with van der Waals surface area (Å²) in [6.45, 7) is 0.652. The molecule has 1 aromatic rings. The van der Waals surface area contributed by atoms with Gasteiger partial charge in [-0.25, -0.2) is 0 Å². The van der Waals surface area contributed by atoms with Gasteiger partial charge in [0.05, 0.1) is 0 Å². The Kier molecular flexibility index (Phi) is 8.49. The fraction of sp³-hybridized carbons (Fsp3) is 0.500. The quantitative estimate of drug-likeness (QED) is 0.286. The molecule has 0 heterocycles. The summed E-state index contributed by atoms with van der Waals surface area (Å²) >= 11 is 0.336. The molecule has 0 fully saturated rings. The number of rotatable bonds is 10. The molecule has 0 saturated carbocycles. The van der Waals surface area contributed by atoms with E-state index < -0.39 is 18.2 Å². The average Bonchev–Trinajstić information content (AvgIpc) is 2.45. The van der Waals surface area contributed by atoms with Gasteiger partial charge < -0.3 is 0 Å². The van der Waals surface area contributed by atoms with Crippen molar-refractivity contribution in [3.05, 3.63) is 35.9 Å². The molecule has 0 amide bonds. The molecule has 0 aromatic heterocycles. The van der Waals surface area contributed by atoms with E-state index in [-0.39, 0.29) is 0 Å². The number of nitrogens with two attached hydrogens (primary N) is 1. The van der Waals surface area contributed by atoms with E-state index >= 15 is 0 Å². The van der Waals surface area contributed by atoms with Crippen molar-refractivity contribution >= 4 is 20.9 Å². The summed E-state index contributed by atoms with van der Waals surface area (Å²) in [6, 6.07) is 9.17. The van der Waals surface area contributed by atoms with Gasteiger partial charge in [0.1, 0.15) is 0 Å². The summed E-state index contributed by atoms with van der Waals surface area (Å²) in [5.74, 6) is -0.939. The molecule has 0 saturated heterocycles. The first-order valence-corrected chi connectivity index (χ1v) is 9.03. The van der Waals surface area contributed by atoms with E-state index in [1.807, 2.05) is 30.3 Å². The van der Waals surface area contributed by atoms with Crippen molar-refractivity contribution in [1.29, 1.82) is 0 Å². The van der Waals surface area contributed by atoms with E-state index in [9.17, 15) is 9.90 Å². The number of carbonyl (C=O) groups is 1. The zero-order chi connectivity index (χ0) is 14.8. The topological polar surface area (TPSA) is 95.6 Å². The number of hydrogen-bond acceptors (Lipinski definition) is 4. The van der Waals surface area contributed by atoms with Crippen molar-refractivity contribution in [3.8, 4) is 0 Å². The van der Waals surface area contributed by atoms with Crippen LogP contribution < -0.4 is 11.1 Å². The molecule has 0 unspecified atom stereocenters. The van der Waals surface area contributed by atoms with Crippen LogP contribution in [0.3, 0.4) is 0 Å². The van der Waals surface area contributed by atoms with Crippen molar-refractivity contribution in [2.24, 2.45) is 5.73 Å². The van der Waals surface area contributed by atoms with Crippen molar-refractivity contribution in [2.45, 2.75) is 42.3 Å². The van der Waals surface area contributed by atoms with Gasteiger partial charge in [0.25, 0.3) is 0 Å². The van der Waals surface area contributed by atoms with Gasteiger partial charge in [0, 0.05) is 0 Å². The van der Waals surface area contributed by atoms with E-state index in [1.54, 1.807) is 0 Å². The molecule has 2 atom stereocenters. The number of nitrogens with one attached hydrogen (secondary N) is 1. The second-order valence-electron chi connectivity index (χ2n) is 4.52. The fourth-order valence-electron chi connectivity index (χ4n) is 1.56. The van der Waals surface area contributed by atoms with E-state index in [4.69, 9.17) is 10.8 Å². The van der Waals surface area contributed by atoms with Crippen molar-refractivity contribution in [2.75, 3.05) is 0 Å².